The van der Waals surface area contributed by atoms with E-state index >= 15 is 0 Å². The molecule has 0 spiro atoms. The van der Waals surface area contributed by atoms with Crippen LogP contribution in [0.15, 0.2) is 42.5 Å². The lowest BCUT2D eigenvalue weighted by Gasteiger charge is -2.21. The fraction of sp³-hybridized carbons (Fsp3) is 0.133. The summed E-state index contributed by atoms with van der Waals surface area (Å²) in [5.74, 6) is 0.438. The number of anilines is 2. The molecule has 0 fully saturated rings. The highest BCUT2D eigenvalue weighted by molar-refractivity contribution is 6.33. The van der Waals surface area contributed by atoms with Gasteiger partial charge in [-0.3, -0.25) is 0 Å². The Bertz CT molecular complexity index is 632. The molecule has 0 radical (unpaired) electrons. The number of hydrogen-bond acceptors (Lipinski definition) is 2. The summed E-state index contributed by atoms with van der Waals surface area (Å²) >= 11 is 12.0. The summed E-state index contributed by atoms with van der Waals surface area (Å²) in [6.45, 7) is 0. The zero-order valence-electron chi connectivity index (χ0n) is 10.4. The van der Waals surface area contributed by atoms with Gasteiger partial charge in [-0.1, -0.05) is 23.7 Å². The Labute approximate surface area is 122 Å². The Balaban J connectivity index is 2.38. The first-order chi connectivity index (χ1) is 9.15. The minimum Gasteiger partial charge on any atom is -0.343 e. The lowest BCUT2D eigenvalue weighted by Crippen LogP contribution is -2.10. The smallest absolute Gasteiger partial charge is 0.0992 e. The first-order valence-corrected chi connectivity index (χ1v) is 6.65. The van der Waals surface area contributed by atoms with Crippen LogP contribution in [0.3, 0.4) is 0 Å². The van der Waals surface area contributed by atoms with E-state index in [1.807, 2.05) is 48.3 Å². The van der Waals surface area contributed by atoms with Crippen molar-refractivity contribution < 1.29 is 0 Å². The Hall–Kier alpha value is -1.69. The average Bonchev–Trinajstić information content (AvgIpc) is 2.46. The molecule has 0 N–H and O–H groups in total. The van der Waals surface area contributed by atoms with Crippen LogP contribution in [0.5, 0.6) is 0 Å². The Morgan fingerprint density at radius 1 is 1.21 bits per heavy atom. The van der Waals surface area contributed by atoms with Gasteiger partial charge in [0.05, 0.1) is 22.3 Å². The standard InChI is InChI=1S/C15H12Cl2N2/c1-19(13-4-2-3-12(7-13)10-18)15-6-5-11(9-16)8-14(15)17/h2-8H,9H2,1H3. The first-order valence-electron chi connectivity index (χ1n) is 5.74. The van der Waals surface area contributed by atoms with Gasteiger partial charge in [0.15, 0.2) is 0 Å². The Morgan fingerprint density at radius 2 is 2.00 bits per heavy atom. The zero-order chi connectivity index (χ0) is 13.8. The predicted octanol–water partition coefficient (Wildman–Crippen LogP) is 4.72. The SMILES string of the molecule is CN(c1cccc(C#N)c1)c1ccc(CCl)cc1Cl. The van der Waals surface area contributed by atoms with Crippen molar-refractivity contribution in [2.45, 2.75) is 5.88 Å². The molecular formula is C15H12Cl2N2. The molecule has 0 aliphatic heterocycles. The van der Waals surface area contributed by atoms with Gasteiger partial charge in [0.1, 0.15) is 0 Å². The van der Waals surface area contributed by atoms with Crippen molar-refractivity contribution in [2.75, 3.05) is 11.9 Å². The predicted molar refractivity (Wildman–Crippen MR) is 80.2 cm³/mol. The van der Waals surface area contributed by atoms with Crippen molar-refractivity contribution in [2.24, 2.45) is 0 Å². The van der Waals surface area contributed by atoms with Crippen LogP contribution in [-0.2, 0) is 5.88 Å². The molecule has 0 aliphatic carbocycles. The minimum absolute atomic E-state index is 0.438. The first kappa shape index (κ1) is 13.7. The van der Waals surface area contributed by atoms with Gasteiger partial charge in [0, 0.05) is 18.6 Å². The van der Waals surface area contributed by atoms with Crippen molar-refractivity contribution >= 4 is 34.6 Å². The number of nitriles is 1. The largest absolute Gasteiger partial charge is 0.343 e. The highest BCUT2D eigenvalue weighted by atomic mass is 35.5. The summed E-state index contributed by atoms with van der Waals surface area (Å²) in [6, 6.07) is 15.2. The van der Waals surface area contributed by atoms with Crippen molar-refractivity contribution in [1.82, 2.24) is 0 Å². The second-order valence-electron chi connectivity index (χ2n) is 4.14. The molecule has 19 heavy (non-hydrogen) atoms. The molecular weight excluding hydrogens is 279 g/mol. The number of halogens is 2. The van der Waals surface area contributed by atoms with Gasteiger partial charge < -0.3 is 4.90 Å². The topological polar surface area (TPSA) is 27.0 Å². The second-order valence-corrected chi connectivity index (χ2v) is 4.82. The molecule has 0 bridgehead atoms. The van der Waals surface area contributed by atoms with E-state index in [4.69, 9.17) is 28.5 Å². The van der Waals surface area contributed by atoms with Crippen LogP contribution in [0.4, 0.5) is 11.4 Å². The summed E-state index contributed by atoms with van der Waals surface area (Å²) in [6.07, 6.45) is 0. The van der Waals surface area contributed by atoms with E-state index in [2.05, 4.69) is 6.07 Å². The summed E-state index contributed by atoms with van der Waals surface area (Å²) in [4.78, 5) is 1.95. The van der Waals surface area contributed by atoms with Crippen molar-refractivity contribution in [1.29, 1.82) is 5.26 Å². The number of nitrogens with zero attached hydrogens (tertiary/aromatic N) is 2. The molecule has 2 rings (SSSR count). The molecule has 0 aliphatic rings. The second kappa shape index (κ2) is 5.97. The molecule has 0 saturated carbocycles. The van der Waals surface area contributed by atoms with Crippen LogP contribution < -0.4 is 4.90 Å². The highest BCUT2D eigenvalue weighted by Crippen LogP contribution is 2.31. The number of alkyl halides is 1. The van der Waals surface area contributed by atoms with E-state index in [1.54, 1.807) is 6.07 Å². The lowest BCUT2D eigenvalue weighted by molar-refractivity contribution is 1.20. The molecule has 0 aromatic heterocycles. The minimum atomic E-state index is 0.438. The van der Waals surface area contributed by atoms with Gasteiger partial charge in [-0.2, -0.15) is 5.26 Å². The third-order valence-corrected chi connectivity index (χ3v) is 3.50. The van der Waals surface area contributed by atoms with Crippen LogP contribution in [0.1, 0.15) is 11.1 Å². The van der Waals surface area contributed by atoms with Gasteiger partial charge in [-0.05, 0) is 35.9 Å². The monoisotopic (exact) mass is 290 g/mol. The molecule has 2 aromatic carbocycles. The van der Waals surface area contributed by atoms with Crippen LogP contribution in [-0.4, -0.2) is 7.05 Å². The van der Waals surface area contributed by atoms with E-state index in [1.165, 1.54) is 0 Å². The average molecular weight is 291 g/mol. The quantitative estimate of drug-likeness (QED) is 0.765. The Kier molecular flexibility index (Phi) is 4.31. The van der Waals surface area contributed by atoms with Crippen molar-refractivity contribution in [3.63, 3.8) is 0 Å². The summed E-state index contributed by atoms with van der Waals surface area (Å²) in [5.41, 5.74) is 3.40. The summed E-state index contributed by atoms with van der Waals surface area (Å²) < 4.78 is 0. The van der Waals surface area contributed by atoms with E-state index < -0.39 is 0 Å². The molecule has 2 aromatic rings. The van der Waals surface area contributed by atoms with Gasteiger partial charge in [-0.25, -0.2) is 0 Å². The molecule has 0 saturated heterocycles. The van der Waals surface area contributed by atoms with Crippen molar-refractivity contribution in [3.05, 3.63) is 58.6 Å². The maximum Gasteiger partial charge on any atom is 0.0992 e. The van der Waals surface area contributed by atoms with Gasteiger partial charge >= 0.3 is 0 Å². The maximum atomic E-state index is 8.93. The van der Waals surface area contributed by atoms with Crippen LogP contribution in [0, 0.1) is 11.3 Å². The molecule has 0 heterocycles. The number of rotatable bonds is 3. The molecule has 4 heteroatoms. The van der Waals surface area contributed by atoms with E-state index in [-0.39, 0.29) is 0 Å². The zero-order valence-corrected chi connectivity index (χ0v) is 11.9. The fourth-order valence-corrected chi connectivity index (χ4v) is 2.32. The summed E-state index contributed by atoms with van der Waals surface area (Å²) in [5, 5.41) is 9.57. The molecule has 96 valence electrons. The molecule has 0 unspecified atom stereocenters. The number of benzene rings is 2. The lowest BCUT2D eigenvalue weighted by atomic mass is 10.1. The van der Waals surface area contributed by atoms with Crippen LogP contribution in [0.25, 0.3) is 0 Å². The highest BCUT2D eigenvalue weighted by Gasteiger charge is 2.09. The normalized spacial score (nSPS) is 10.0. The molecule has 0 amide bonds. The maximum absolute atomic E-state index is 8.93. The molecule has 2 nitrogen and oxygen atoms in total. The third kappa shape index (κ3) is 3.01. The van der Waals surface area contributed by atoms with Crippen LogP contribution >= 0.6 is 23.2 Å². The number of hydrogen-bond donors (Lipinski definition) is 0. The van der Waals surface area contributed by atoms with E-state index in [0.717, 1.165) is 16.9 Å². The van der Waals surface area contributed by atoms with Crippen LogP contribution in [0.2, 0.25) is 5.02 Å². The van der Waals surface area contributed by atoms with Gasteiger partial charge in [0.2, 0.25) is 0 Å². The molecule has 0 atom stereocenters. The van der Waals surface area contributed by atoms with Gasteiger partial charge in [-0.15, -0.1) is 11.6 Å². The summed E-state index contributed by atoms with van der Waals surface area (Å²) in [7, 11) is 1.91. The third-order valence-electron chi connectivity index (χ3n) is 2.89. The van der Waals surface area contributed by atoms with E-state index in [9.17, 15) is 0 Å². The Morgan fingerprint density at radius 3 is 2.63 bits per heavy atom. The van der Waals surface area contributed by atoms with Gasteiger partial charge in [0.25, 0.3) is 0 Å². The van der Waals surface area contributed by atoms with Crippen molar-refractivity contribution in [3.8, 4) is 6.07 Å². The van der Waals surface area contributed by atoms with E-state index in [0.29, 0.717) is 16.5 Å². The fourth-order valence-electron chi connectivity index (χ4n) is 1.83.